The number of rotatable bonds is 5. The molecule has 0 saturated carbocycles. The fourth-order valence-corrected chi connectivity index (χ4v) is 3.91. The topological polar surface area (TPSA) is 45.5 Å². The summed E-state index contributed by atoms with van der Waals surface area (Å²) in [7, 11) is 5.84. The van der Waals surface area contributed by atoms with Crippen molar-refractivity contribution in [3.63, 3.8) is 0 Å². The molecular weight excluding hydrogens is 501 g/mol. The van der Waals surface area contributed by atoms with Gasteiger partial charge in [-0.3, -0.25) is 9.67 Å². The van der Waals surface area contributed by atoms with Gasteiger partial charge in [-0.2, -0.15) is 5.10 Å². The Hall–Kier alpha value is -0.610. The van der Waals surface area contributed by atoms with Gasteiger partial charge in [0.05, 0.1) is 16.0 Å². The van der Waals surface area contributed by atoms with E-state index in [4.69, 9.17) is 0 Å². The fourth-order valence-electron chi connectivity index (χ4n) is 2.49. The molecule has 5 nitrogen and oxygen atoms in total. The minimum Gasteiger partial charge on any atom is -0.351 e. The van der Waals surface area contributed by atoms with E-state index in [2.05, 4.69) is 75.5 Å². The predicted molar refractivity (Wildman–Crippen MR) is 116 cm³/mol. The molecule has 0 aromatic carbocycles. The summed E-state index contributed by atoms with van der Waals surface area (Å²) in [5, 5.41) is 7.98. The summed E-state index contributed by atoms with van der Waals surface area (Å²) in [6.45, 7) is 5.91. The van der Waals surface area contributed by atoms with E-state index in [9.17, 15) is 0 Å². The van der Waals surface area contributed by atoms with Crippen LogP contribution < -0.4 is 5.32 Å². The summed E-state index contributed by atoms with van der Waals surface area (Å²) >= 11 is 5.23. The first-order valence-electron chi connectivity index (χ1n) is 7.59. The van der Waals surface area contributed by atoms with Crippen LogP contribution in [-0.4, -0.2) is 34.7 Å². The molecule has 2 aromatic heterocycles. The molecule has 0 amide bonds. The van der Waals surface area contributed by atoms with Gasteiger partial charge in [0.15, 0.2) is 5.96 Å². The highest BCUT2D eigenvalue weighted by molar-refractivity contribution is 14.0. The van der Waals surface area contributed by atoms with Crippen LogP contribution in [0.5, 0.6) is 0 Å². The van der Waals surface area contributed by atoms with Crippen LogP contribution in [-0.2, 0) is 20.1 Å². The molecule has 24 heavy (non-hydrogen) atoms. The second-order valence-corrected chi connectivity index (χ2v) is 8.38. The van der Waals surface area contributed by atoms with Crippen molar-refractivity contribution in [1.29, 1.82) is 0 Å². The molecule has 0 unspecified atom stereocenters. The summed E-state index contributed by atoms with van der Waals surface area (Å²) in [6, 6.07) is 4.19. The highest BCUT2D eigenvalue weighted by Gasteiger charge is 2.15. The normalized spacial score (nSPS) is 11.5. The zero-order valence-electron chi connectivity index (χ0n) is 14.7. The molecule has 0 spiro atoms. The lowest BCUT2D eigenvalue weighted by atomic mass is 10.1. The lowest BCUT2D eigenvalue weighted by Gasteiger charge is -2.22. The van der Waals surface area contributed by atoms with E-state index in [0.717, 1.165) is 28.5 Å². The lowest BCUT2D eigenvalue weighted by Crippen LogP contribution is -2.38. The van der Waals surface area contributed by atoms with E-state index < -0.39 is 0 Å². The number of aryl methyl sites for hydroxylation is 1. The average molecular weight is 526 g/mol. The van der Waals surface area contributed by atoms with Crippen molar-refractivity contribution >= 4 is 57.2 Å². The molecule has 2 aromatic rings. The van der Waals surface area contributed by atoms with E-state index in [1.165, 1.54) is 10.4 Å². The third-order valence-electron chi connectivity index (χ3n) is 3.51. The van der Waals surface area contributed by atoms with E-state index in [1.54, 1.807) is 11.3 Å². The van der Waals surface area contributed by atoms with E-state index >= 15 is 0 Å². The van der Waals surface area contributed by atoms with Crippen LogP contribution in [0.15, 0.2) is 27.1 Å². The molecule has 0 aliphatic rings. The Morgan fingerprint density at radius 2 is 2.17 bits per heavy atom. The number of aromatic nitrogens is 2. The van der Waals surface area contributed by atoms with Crippen molar-refractivity contribution < 1.29 is 0 Å². The molecule has 0 atom stereocenters. The summed E-state index contributed by atoms with van der Waals surface area (Å²) in [4.78, 5) is 7.79. The number of nitrogens with one attached hydrogen (secondary N) is 1. The molecule has 2 rings (SSSR count). The van der Waals surface area contributed by atoms with Crippen molar-refractivity contribution in [2.75, 3.05) is 14.1 Å². The maximum absolute atomic E-state index is 4.57. The zero-order chi connectivity index (χ0) is 17.0. The smallest absolute Gasteiger partial charge is 0.193 e. The van der Waals surface area contributed by atoms with Gasteiger partial charge in [-0.1, -0.05) is 13.8 Å². The number of thiophene rings is 1. The van der Waals surface area contributed by atoms with Gasteiger partial charge in [-0.05, 0) is 34.0 Å². The first-order chi connectivity index (χ1) is 10.9. The van der Waals surface area contributed by atoms with E-state index in [1.807, 2.05) is 18.8 Å². The molecule has 0 aliphatic heterocycles. The van der Waals surface area contributed by atoms with Crippen molar-refractivity contribution in [3.05, 3.63) is 38.3 Å². The molecule has 2 heterocycles. The van der Waals surface area contributed by atoms with Crippen LogP contribution >= 0.6 is 51.2 Å². The number of halogens is 2. The Labute approximate surface area is 173 Å². The first-order valence-corrected chi connectivity index (χ1v) is 9.20. The van der Waals surface area contributed by atoms with Crippen LogP contribution in [0, 0.1) is 0 Å². The highest BCUT2D eigenvalue weighted by atomic mass is 127. The summed E-state index contributed by atoms with van der Waals surface area (Å²) in [6.07, 6.45) is 2.09. The van der Waals surface area contributed by atoms with Gasteiger partial charge in [0.25, 0.3) is 0 Å². The first kappa shape index (κ1) is 21.4. The van der Waals surface area contributed by atoms with Gasteiger partial charge in [0, 0.05) is 44.3 Å². The Bertz CT molecular complexity index is 680. The average Bonchev–Trinajstić information content (AvgIpc) is 3.05. The molecule has 0 fully saturated rings. The van der Waals surface area contributed by atoms with Gasteiger partial charge >= 0.3 is 0 Å². The van der Waals surface area contributed by atoms with Crippen molar-refractivity contribution in [2.45, 2.75) is 32.9 Å². The maximum atomic E-state index is 4.57. The van der Waals surface area contributed by atoms with Crippen molar-refractivity contribution in [2.24, 2.45) is 12.0 Å². The van der Waals surface area contributed by atoms with Crippen molar-refractivity contribution in [3.8, 4) is 0 Å². The van der Waals surface area contributed by atoms with Crippen LogP contribution in [0.1, 0.15) is 35.9 Å². The van der Waals surface area contributed by atoms with Gasteiger partial charge < -0.3 is 10.2 Å². The highest BCUT2D eigenvalue weighted by Crippen LogP contribution is 2.22. The number of hydrogen-bond acceptors (Lipinski definition) is 3. The second kappa shape index (κ2) is 9.76. The van der Waals surface area contributed by atoms with E-state index in [0.29, 0.717) is 5.92 Å². The Balaban J connectivity index is 0.00000288. The van der Waals surface area contributed by atoms with Gasteiger partial charge in [0.2, 0.25) is 0 Å². The Morgan fingerprint density at radius 1 is 1.46 bits per heavy atom. The Morgan fingerprint density at radius 3 is 2.71 bits per heavy atom. The minimum absolute atomic E-state index is 0. The van der Waals surface area contributed by atoms with E-state index in [-0.39, 0.29) is 24.0 Å². The largest absolute Gasteiger partial charge is 0.351 e. The number of hydrogen-bond donors (Lipinski definition) is 1. The second-order valence-electron chi connectivity index (χ2n) is 5.83. The SMILES string of the molecule is CN=C(NCc1ccc(Br)s1)N(C)Cc1cn(C)nc1C(C)C.I. The molecule has 1 N–H and O–H groups in total. The third-order valence-corrected chi connectivity index (χ3v) is 5.14. The van der Waals surface area contributed by atoms with Crippen LogP contribution in [0.3, 0.4) is 0 Å². The fraction of sp³-hybridized carbons (Fsp3) is 0.500. The third kappa shape index (κ3) is 5.73. The minimum atomic E-state index is 0. The quantitative estimate of drug-likeness (QED) is 0.361. The number of aliphatic imine (C=N–C) groups is 1. The van der Waals surface area contributed by atoms with Crippen molar-refractivity contribution in [1.82, 2.24) is 20.0 Å². The molecule has 0 radical (unpaired) electrons. The van der Waals surface area contributed by atoms with Crippen LogP contribution in [0.25, 0.3) is 0 Å². The summed E-state index contributed by atoms with van der Waals surface area (Å²) in [5.41, 5.74) is 2.39. The summed E-state index contributed by atoms with van der Waals surface area (Å²) < 4.78 is 3.03. The van der Waals surface area contributed by atoms with Crippen LogP contribution in [0.2, 0.25) is 0 Å². The maximum Gasteiger partial charge on any atom is 0.193 e. The number of nitrogens with zero attached hydrogens (tertiary/aromatic N) is 4. The summed E-state index contributed by atoms with van der Waals surface area (Å²) in [5.74, 6) is 1.30. The molecule has 0 saturated heterocycles. The number of guanidine groups is 1. The Kier molecular flexibility index (Phi) is 8.72. The molecule has 0 bridgehead atoms. The predicted octanol–water partition coefficient (Wildman–Crippen LogP) is 4.19. The van der Waals surface area contributed by atoms with Gasteiger partial charge in [0.1, 0.15) is 0 Å². The molecular formula is C16H25BrIN5S. The molecule has 8 heteroatoms. The molecule has 0 aliphatic carbocycles. The monoisotopic (exact) mass is 525 g/mol. The standard InChI is InChI=1S/C16H24BrN5S.HI/c1-11(2)15-12(10-22(5)20-15)9-21(4)16(18-3)19-8-13-6-7-14(17)23-13;/h6-7,10-11H,8-9H2,1-5H3,(H,18,19);1H. The van der Waals surface area contributed by atoms with Gasteiger partial charge in [-0.15, -0.1) is 35.3 Å². The van der Waals surface area contributed by atoms with Gasteiger partial charge in [-0.25, -0.2) is 0 Å². The van der Waals surface area contributed by atoms with Crippen LogP contribution in [0.4, 0.5) is 0 Å². The zero-order valence-corrected chi connectivity index (χ0v) is 19.4. The lowest BCUT2D eigenvalue weighted by molar-refractivity contribution is 0.473. The molecule has 134 valence electrons.